The lowest BCUT2D eigenvalue weighted by Crippen LogP contribution is -2.12. The minimum Gasteiger partial charge on any atom is -0.387 e. The maximum Gasteiger partial charge on any atom is 0.0328 e. The van der Waals surface area contributed by atoms with Crippen LogP contribution in [0, 0.1) is 5.92 Å². The van der Waals surface area contributed by atoms with Gasteiger partial charge in [-0.05, 0) is 24.3 Å². The van der Waals surface area contributed by atoms with Crippen molar-refractivity contribution in [2.24, 2.45) is 5.92 Å². The molecule has 0 radical (unpaired) electrons. The van der Waals surface area contributed by atoms with Crippen LogP contribution in [0.5, 0.6) is 0 Å². The van der Waals surface area contributed by atoms with Crippen molar-refractivity contribution in [2.75, 3.05) is 6.54 Å². The van der Waals surface area contributed by atoms with Gasteiger partial charge in [-0.25, -0.2) is 0 Å². The zero-order chi connectivity index (χ0) is 7.52. The highest BCUT2D eigenvalue weighted by Gasteiger charge is 2.17. The molecule has 0 amide bonds. The molecule has 60 valence electrons. The molecular formula is C10H15N. The van der Waals surface area contributed by atoms with Gasteiger partial charge in [-0.2, -0.15) is 0 Å². The van der Waals surface area contributed by atoms with E-state index in [0.717, 1.165) is 12.5 Å². The van der Waals surface area contributed by atoms with Gasteiger partial charge in [-0.1, -0.05) is 25.0 Å². The molecule has 1 saturated carbocycles. The number of hydrogen-bond donors (Lipinski definition) is 1. The summed E-state index contributed by atoms with van der Waals surface area (Å²) in [6.07, 6.45) is 12.3. The normalized spacial score (nSPS) is 24.9. The fourth-order valence-electron chi connectivity index (χ4n) is 2.00. The molecule has 0 saturated heterocycles. The largest absolute Gasteiger partial charge is 0.387 e. The fraction of sp³-hybridized carbons (Fsp3) is 0.600. The van der Waals surface area contributed by atoms with Crippen molar-refractivity contribution in [3.05, 3.63) is 23.9 Å². The summed E-state index contributed by atoms with van der Waals surface area (Å²) in [4.78, 5) is 0. The van der Waals surface area contributed by atoms with E-state index in [0.29, 0.717) is 0 Å². The molecule has 1 nitrogen and oxygen atoms in total. The molecule has 0 aromatic carbocycles. The average molecular weight is 149 g/mol. The van der Waals surface area contributed by atoms with Gasteiger partial charge in [-0.3, -0.25) is 0 Å². The maximum atomic E-state index is 3.26. The monoisotopic (exact) mass is 149 g/mol. The van der Waals surface area contributed by atoms with E-state index in [4.69, 9.17) is 0 Å². The van der Waals surface area contributed by atoms with Crippen LogP contribution >= 0.6 is 0 Å². The molecule has 2 aliphatic rings. The molecule has 2 rings (SSSR count). The standard InChI is InChI=1S/C10H15N/c1-2-5-9(4-1)10-6-3-7-11-8-10/h3,6,8-9,11H,1-2,4-5,7H2. The Morgan fingerprint density at radius 3 is 2.73 bits per heavy atom. The fourth-order valence-corrected chi connectivity index (χ4v) is 2.00. The van der Waals surface area contributed by atoms with E-state index in [9.17, 15) is 0 Å². The number of rotatable bonds is 1. The van der Waals surface area contributed by atoms with Crippen molar-refractivity contribution >= 4 is 0 Å². The van der Waals surface area contributed by atoms with Gasteiger partial charge in [0.05, 0.1) is 0 Å². The summed E-state index contributed by atoms with van der Waals surface area (Å²) in [6.45, 7) is 1.01. The predicted octanol–water partition coefficient (Wildman–Crippen LogP) is 2.22. The van der Waals surface area contributed by atoms with Gasteiger partial charge in [-0.15, -0.1) is 0 Å². The van der Waals surface area contributed by atoms with Gasteiger partial charge in [0.2, 0.25) is 0 Å². The van der Waals surface area contributed by atoms with Gasteiger partial charge in [0.1, 0.15) is 0 Å². The van der Waals surface area contributed by atoms with Crippen molar-refractivity contribution in [2.45, 2.75) is 25.7 Å². The molecule has 1 aliphatic heterocycles. The lowest BCUT2D eigenvalue weighted by molar-refractivity contribution is 0.646. The first-order valence-electron chi connectivity index (χ1n) is 4.57. The minimum atomic E-state index is 0.860. The number of hydrogen-bond acceptors (Lipinski definition) is 1. The van der Waals surface area contributed by atoms with E-state index in [2.05, 4.69) is 23.7 Å². The van der Waals surface area contributed by atoms with E-state index >= 15 is 0 Å². The molecule has 1 N–H and O–H groups in total. The third kappa shape index (κ3) is 1.47. The molecule has 11 heavy (non-hydrogen) atoms. The van der Waals surface area contributed by atoms with Gasteiger partial charge in [0.25, 0.3) is 0 Å². The molecule has 1 heterocycles. The van der Waals surface area contributed by atoms with Gasteiger partial charge in [0.15, 0.2) is 0 Å². The van der Waals surface area contributed by atoms with Crippen molar-refractivity contribution < 1.29 is 0 Å². The first-order valence-corrected chi connectivity index (χ1v) is 4.57. The van der Waals surface area contributed by atoms with E-state index in [1.807, 2.05) is 0 Å². The van der Waals surface area contributed by atoms with Crippen LogP contribution in [0.4, 0.5) is 0 Å². The summed E-state index contributed by atoms with van der Waals surface area (Å²) in [5.74, 6) is 0.860. The second-order valence-electron chi connectivity index (χ2n) is 3.44. The van der Waals surface area contributed by atoms with Gasteiger partial charge >= 0.3 is 0 Å². The molecule has 1 heteroatoms. The Hall–Kier alpha value is -0.720. The Morgan fingerprint density at radius 1 is 1.27 bits per heavy atom. The molecule has 0 bridgehead atoms. The van der Waals surface area contributed by atoms with E-state index in [-0.39, 0.29) is 0 Å². The highest BCUT2D eigenvalue weighted by molar-refractivity contribution is 5.25. The number of dihydropyridines is 1. The van der Waals surface area contributed by atoms with Crippen LogP contribution in [0.3, 0.4) is 0 Å². The maximum absolute atomic E-state index is 3.26. The summed E-state index contributed by atoms with van der Waals surface area (Å²) >= 11 is 0. The van der Waals surface area contributed by atoms with E-state index < -0.39 is 0 Å². The average Bonchev–Trinajstić information content (AvgIpc) is 2.58. The lowest BCUT2D eigenvalue weighted by atomic mass is 9.97. The summed E-state index contributed by atoms with van der Waals surface area (Å²) in [6, 6.07) is 0. The lowest BCUT2D eigenvalue weighted by Gasteiger charge is -2.14. The van der Waals surface area contributed by atoms with Crippen molar-refractivity contribution in [1.82, 2.24) is 5.32 Å². The zero-order valence-electron chi connectivity index (χ0n) is 6.84. The van der Waals surface area contributed by atoms with E-state index in [1.54, 1.807) is 0 Å². The molecule has 0 aromatic rings. The highest BCUT2D eigenvalue weighted by atomic mass is 14.8. The smallest absolute Gasteiger partial charge is 0.0328 e. The molecule has 0 unspecified atom stereocenters. The minimum absolute atomic E-state index is 0.860. The summed E-state index contributed by atoms with van der Waals surface area (Å²) < 4.78 is 0. The van der Waals surface area contributed by atoms with Gasteiger partial charge < -0.3 is 5.32 Å². The molecular weight excluding hydrogens is 134 g/mol. The van der Waals surface area contributed by atoms with Crippen LogP contribution in [-0.2, 0) is 0 Å². The zero-order valence-corrected chi connectivity index (χ0v) is 6.84. The van der Waals surface area contributed by atoms with Crippen molar-refractivity contribution in [3.8, 4) is 0 Å². The Labute approximate surface area is 68.2 Å². The van der Waals surface area contributed by atoms with Crippen molar-refractivity contribution in [3.63, 3.8) is 0 Å². The highest BCUT2D eigenvalue weighted by Crippen LogP contribution is 2.31. The van der Waals surface area contributed by atoms with E-state index in [1.165, 1.54) is 31.3 Å². The molecule has 0 spiro atoms. The molecule has 1 aliphatic carbocycles. The second kappa shape index (κ2) is 3.12. The molecule has 0 aromatic heterocycles. The third-order valence-electron chi connectivity index (χ3n) is 2.64. The van der Waals surface area contributed by atoms with Crippen LogP contribution in [-0.4, -0.2) is 6.54 Å². The Morgan fingerprint density at radius 2 is 2.09 bits per heavy atom. The van der Waals surface area contributed by atoms with Crippen LogP contribution in [0.15, 0.2) is 23.9 Å². The molecule has 0 atom stereocenters. The third-order valence-corrected chi connectivity index (χ3v) is 2.64. The number of nitrogens with one attached hydrogen (secondary N) is 1. The Kier molecular flexibility index (Phi) is 1.97. The first-order chi connectivity index (χ1) is 5.47. The predicted molar refractivity (Wildman–Crippen MR) is 47.2 cm³/mol. The molecule has 1 fully saturated rings. The van der Waals surface area contributed by atoms with Crippen LogP contribution in [0.25, 0.3) is 0 Å². The van der Waals surface area contributed by atoms with Crippen molar-refractivity contribution in [1.29, 1.82) is 0 Å². The second-order valence-corrected chi connectivity index (χ2v) is 3.44. The summed E-state index contributed by atoms with van der Waals surface area (Å²) in [7, 11) is 0. The Bertz CT molecular complexity index is 185. The van der Waals surface area contributed by atoms with Crippen LogP contribution in [0.2, 0.25) is 0 Å². The Balaban J connectivity index is 2.02. The number of allylic oxidation sites excluding steroid dienone is 2. The van der Waals surface area contributed by atoms with Crippen LogP contribution < -0.4 is 5.32 Å². The van der Waals surface area contributed by atoms with Gasteiger partial charge in [0, 0.05) is 12.7 Å². The summed E-state index contributed by atoms with van der Waals surface area (Å²) in [5.41, 5.74) is 1.52. The van der Waals surface area contributed by atoms with Crippen LogP contribution in [0.1, 0.15) is 25.7 Å². The summed E-state index contributed by atoms with van der Waals surface area (Å²) in [5, 5.41) is 3.26. The first kappa shape index (κ1) is 6.96. The topological polar surface area (TPSA) is 12.0 Å². The SMILES string of the molecule is C1=CC(C2CCCC2)=CNC1. The quantitative estimate of drug-likeness (QED) is 0.602.